The number of amides is 1. The normalized spacial score (nSPS) is 14.1. The van der Waals surface area contributed by atoms with E-state index in [-0.39, 0.29) is 18.1 Å². The minimum atomic E-state index is -0.297. The molecule has 128 valence electrons. The largest absolute Gasteiger partial charge is 0.328 e. The molecule has 1 aromatic heterocycles. The monoisotopic (exact) mass is 337 g/mol. The molecule has 1 amide bonds. The fourth-order valence-electron chi connectivity index (χ4n) is 3.42. The third-order valence-electron chi connectivity index (χ3n) is 4.67. The van der Waals surface area contributed by atoms with Crippen LogP contribution in [0.25, 0.3) is 11.0 Å². The Morgan fingerprint density at radius 1 is 1.12 bits per heavy atom. The van der Waals surface area contributed by atoms with Gasteiger partial charge >= 0.3 is 0 Å². The molecule has 3 aromatic rings. The van der Waals surface area contributed by atoms with Crippen LogP contribution in [0.5, 0.6) is 0 Å². The number of benzene rings is 2. The molecule has 4 nitrogen and oxygen atoms in total. The van der Waals surface area contributed by atoms with E-state index in [1.54, 1.807) is 12.1 Å². The van der Waals surface area contributed by atoms with Crippen LogP contribution in [0, 0.1) is 5.82 Å². The van der Waals surface area contributed by atoms with E-state index in [1.807, 2.05) is 18.2 Å². The number of imidazole rings is 1. The molecule has 0 radical (unpaired) electrons. The van der Waals surface area contributed by atoms with Gasteiger partial charge in [-0.25, -0.2) is 9.37 Å². The van der Waals surface area contributed by atoms with E-state index in [4.69, 9.17) is 4.98 Å². The lowest BCUT2D eigenvalue weighted by atomic mass is 10.1. The zero-order valence-electron chi connectivity index (χ0n) is 14.0. The van der Waals surface area contributed by atoms with Gasteiger partial charge in [0.25, 0.3) is 0 Å². The maximum atomic E-state index is 12.9. The summed E-state index contributed by atoms with van der Waals surface area (Å²) in [4.78, 5) is 17.0. The van der Waals surface area contributed by atoms with Gasteiger partial charge in [-0.05, 0) is 48.7 Å². The highest BCUT2D eigenvalue weighted by Crippen LogP contribution is 2.24. The molecule has 0 saturated heterocycles. The van der Waals surface area contributed by atoms with E-state index >= 15 is 0 Å². The third kappa shape index (κ3) is 3.40. The van der Waals surface area contributed by atoms with Gasteiger partial charge < -0.3 is 9.88 Å². The van der Waals surface area contributed by atoms with Crippen molar-refractivity contribution in [1.82, 2.24) is 9.55 Å². The van der Waals surface area contributed by atoms with Gasteiger partial charge in [0.1, 0.15) is 11.6 Å². The van der Waals surface area contributed by atoms with Gasteiger partial charge in [0.15, 0.2) is 0 Å². The van der Waals surface area contributed by atoms with Crippen LogP contribution in [0.3, 0.4) is 0 Å². The van der Waals surface area contributed by atoms with E-state index in [0.29, 0.717) is 0 Å². The number of rotatable bonds is 3. The van der Waals surface area contributed by atoms with Crippen LogP contribution in [0.15, 0.2) is 42.5 Å². The first-order valence-corrected chi connectivity index (χ1v) is 8.72. The second kappa shape index (κ2) is 6.67. The number of carbonyl (C=O) groups excluding carboxylic acids is 1. The standard InChI is InChI=1S/C20H20FN3O/c21-15-7-5-14(6-8-15)12-20(25)22-16-9-10-18-17(13-16)23-19-4-2-1-3-11-24(18)19/h5-10,13H,1-4,11-12H2,(H,22,25). The number of hydrogen-bond acceptors (Lipinski definition) is 2. The molecule has 0 unspecified atom stereocenters. The predicted molar refractivity (Wildman–Crippen MR) is 96.0 cm³/mol. The van der Waals surface area contributed by atoms with Gasteiger partial charge in [-0.3, -0.25) is 4.79 Å². The Bertz CT molecular complexity index is 915. The highest BCUT2D eigenvalue weighted by atomic mass is 19.1. The van der Waals surface area contributed by atoms with Gasteiger partial charge in [0.2, 0.25) is 5.91 Å². The number of halogens is 1. The van der Waals surface area contributed by atoms with Crippen molar-refractivity contribution in [3.8, 4) is 0 Å². The molecule has 1 aliphatic heterocycles. The minimum absolute atomic E-state index is 0.119. The molecule has 1 N–H and O–H groups in total. The first-order valence-electron chi connectivity index (χ1n) is 8.72. The van der Waals surface area contributed by atoms with Gasteiger partial charge in [-0.2, -0.15) is 0 Å². The molecule has 25 heavy (non-hydrogen) atoms. The number of aryl methyl sites for hydroxylation is 2. The van der Waals surface area contributed by atoms with Gasteiger partial charge in [0.05, 0.1) is 17.5 Å². The number of nitrogens with zero attached hydrogens (tertiary/aromatic N) is 2. The number of hydrogen-bond donors (Lipinski definition) is 1. The average Bonchev–Trinajstić information content (AvgIpc) is 2.77. The number of anilines is 1. The Kier molecular flexibility index (Phi) is 4.22. The molecule has 0 aliphatic carbocycles. The lowest BCUT2D eigenvalue weighted by Crippen LogP contribution is -2.14. The predicted octanol–water partition coefficient (Wildman–Crippen LogP) is 4.08. The Morgan fingerprint density at radius 3 is 2.80 bits per heavy atom. The maximum absolute atomic E-state index is 12.9. The summed E-state index contributed by atoms with van der Waals surface area (Å²) in [6, 6.07) is 11.9. The summed E-state index contributed by atoms with van der Waals surface area (Å²) in [7, 11) is 0. The smallest absolute Gasteiger partial charge is 0.228 e. The summed E-state index contributed by atoms with van der Waals surface area (Å²) in [5.41, 5.74) is 3.59. The molecular formula is C20H20FN3O. The Morgan fingerprint density at radius 2 is 1.96 bits per heavy atom. The molecule has 2 aromatic carbocycles. The molecule has 2 heterocycles. The van der Waals surface area contributed by atoms with Gasteiger partial charge in [-0.15, -0.1) is 0 Å². The summed E-state index contributed by atoms with van der Waals surface area (Å²) in [5.74, 6) is 0.725. The highest BCUT2D eigenvalue weighted by molar-refractivity contribution is 5.94. The van der Waals surface area contributed by atoms with Crippen LogP contribution < -0.4 is 5.32 Å². The Labute approximate surface area is 145 Å². The summed E-state index contributed by atoms with van der Waals surface area (Å²) in [6.45, 7) is 1.02. The number of aromatic nitrogens is 2. The van der Waals surface area contributed by atoms with Crippen molar-refractivity contribution in [3.05, 3.63) is 59.7 Å². The maximum Gasteiger partial charge on any atom is 0.228 e. The van der Waals surface area contributed by atoms with E-state index in [1.165, 1.54) is 31.4 Å². The first kappa shape index (κ1) is 15.8. The topological polar surface area (TPSA) is 46.9 Å². The van der Waals surface area contributed by atoms with Crippen molar-refractivity contribution in [2.45, 2.75) is 38.6 Å². The fraction of sp³-hybridized carbons (Fsp3) is 0.300. The highest BCUT2D eigenvalue weighted by Gasteiger charge is 2.14. The van der Waals surface area contributed by atoms with Crippen molar-refractivity contribution in [1.29, 1.82) is 0 Å². The quantitative estimate of drug-likeness (QED) is 0.783. The molecular weight excluding hydrogens is 317 g/mol. The Hall–Kier alpha value is -2.69. The lowest BCUT2D eigenvalue weighted by molar-refractivity contribution is -0.115. The van der Waals surface area contributed by atoms with E-state index < -0.39 is 0 Å². The SMILES string of the molecule is O=C(Cc1ccc(F)cc1)Nc1ccc2c(c1)nc1n2CCCCC1. The fourth-order valence-corrected chi connectivity index (χ4v) is 3.42. The summed E-state index contributed by atoms with van der Waals surface area (Å²) < 4.78 is 15.2. The molecule has 5 heteroatoms. The van der Waals surface area contributed by atoms with Crippen LogP contribution in [0.4, 0.5) is 10.1 Å². The van der Waals surface area contributed by atoms with Crippen LogP contribution in [0.1, 0.15) is 30.7 Å². The number of carbonyl (C=O) groups is 1. The van der Waals surface area contributed by atoms with Crippen molar-refractivity contribution < 1.29 is 9.18 Å². The number of nitrogens with one attached hydrogen (secondary N) is 1. The van der Waals surface area contributed by atoms with E-state index in [2.05, 4.69) is 9.88 Å². The second-order valence-electron chi connectivity index (χ2n) is 6.55. The van der Waals surface area contributed by atoms with Gasteiger partial charge in [-0.1, -0.05) is 18.6 Å². The summed E-state index contributed by atoms with van der Waals surface area (Å²) in [6.07, 6.45) is 4.86. The first-order chi connectivity index (χ1) is 12.2. The van der Waals surface area contributed by atoms with Crippen LogP contribution in [-0.2, 0) is 24.2 Å². The van der Waals surface area contributed by atoms with E-state index in [0.717, 1.165) is 41.1 Å². The number of fused-ring (bicyclic) bond motifs is 3. The van der Waals surface area contributed by atoms with Gasteiger partial charge in [0, 0.05) is 18.7 Å². The third-order valence-corrected chi connectivity index (χ3v) is 4.67. The zero-order valence-corrected chi connectivity index (χ0v) is 14.0. The van der Waals surface area contributed by atoms with Crippen molar-refractivity contribution >= 4 is 22.6 Å². The Balaban J connectivity index is 1.51. The second-order valence-corrected chi connectivity index (χ2v) is 6.55. The minimum Gasteiger partial charge on any atom is -0.328 e. The molecule has 0 fully saturated rings. The molecule has 0 spiro atoms. The molecule has 0 saturated carbocycles. The molecule has 4 rings (SSSR count). The van der Waals surface area contributed by atoms with Crippen molar-refractivity contribution in [3.63, 3.8) is 0 Å². The van der Waals surface area contributed by atoms with Crippen LogP contribution >= 0.6 is 0 Å². The lowest BCUT2D eigenvalue weighted by Gasteiger charge is -2.07. The molecule has 0 bridgehead atoms. The summed E-state index contributed by atoms with van der Waals surface area (Å²) in [5, 5.41) is 2.91. The van der Waals surface area contributed by atoms with Crippen LogP contribution in [-0.4, -0.2) is 15.5 Å². The zero-order chi connectivity index (χ0) is 17.2. The molecule has 0 atom stereocenters. The molecule has 1 aliphatic rings. The van der Waals surface area contributed by atoms with E-state index in [9.17, 15) is 9.18 Å². The van der Waals surface area contributed by atoms with Crippen LogP contribution in [0.2, 0.25) is 0 Å². The van der Waals surface area contributed by atoms with Crippen molar-refractivity contribution in [2.75, 3.05) is 5.32 Å². The average molecular weight is 337 g/mol. The van der Waals surface area contributed by atoms with Crippen molar-refractivity contribution in [2.24, 2.45) is 0 Å². The summed E-state index contributed by atoms with van der Waals surface area (Å²) >= 11 is 0.